The standard InChI is InChI=1S/C29H30N10O19S6/c1-16(40)32-21-13-23(27(64(50,51)52)15-22(21)36-34-17-2-4-18(5-3-17)61(43,44)10-8-53-59-57-55-41)37-39-25-14-24(28(30)33-29(25)31)38-35-20-7-6-19(12-26(20)63(47,48)49)62(45,46)11-9-54-60-58-56-42/h2-7,12-15,41-42H,8-11H2,1H3,(H,32,40)(H4,30,31,33)(H,47,48,49)(H,50,51,52). The molecule has 0 unspecified atom stereocenters. The van der Waals surface area contributed by atoms with Gasteiger partial charge in [-0.2, -0.15) is 21.9 Å². The predicted octanol–water partition coefficient (Wildman–Crippen LogP) is 5.49. The first-order valence-electron chi connectivity index (χ1n) is 16.5. The van der Waals surface area contributed by atoms with Crippen molar-refractivity contribution in [2.45, 2.75) is 26.5 Å². The number of carbonyl (C=O) groups excluding carboxylic acids is 1. The Morgan fingerprint density at radius 1 is 0.625 bits per heavy atom. The van der Waals surface area contributed by atoms with Crippen LogP contribution in [0.4, 0.5) is 51.4 Å². The summed E-state index contributed by atoms with van der Waals surface area (Å²) in [5, 5.41) is 48.3. The van der Waals surface area contributed by atoms with Crippen LogP contribution >= 0.6 is 24.6 Å². The molecule has 35 heteroatoms. The first-order chi connectivity index (χ1) is 30.1. The van der Waals surface area contributed by atoms with E-state index in [1.165, 1.54) is 24.3 Å². The Hall–Kier alpha value is -5.22. The number of aromatic nitrogens is 1. The second-order valence-corrected chi connectivity index (χ2v) is 19.7. The van der Waals surface area contributed by atoms with E-state index in [1.54, 1.807) is 0 Å². The molecule has 0 spiro atoms. The number of hydrogen-bond acceptors (Lipinski definition) is 28. The van der Waals surface area contributed by atoms with Crippen LogP contribution in [0, 0.1) is 0 Å². The lowest BCUT2D eigenvalue weighted by Crippen LogP contribution is -2.12. The molecule has 0 bridgehead atoms. The molecule has 0 radical (unpaired) electrons. The molecule has 1 aromatic heterocycles. The normalized spacial score (nSPS) is 12.8. The number of rotatable bonds is 23. The van der Waals surface area contributed by atoms with E-state index in [2.05, 4.69) is 59.7 Å². The molecule has 9 N–H and O–H groups in total. The van der Waals surface area contributed by atoms with Crippen LogP contribution in [0.1, 0.15) is 6.92 Å². The van der Waals surface area contributed by atoms with Gasteiger partial charge in [-0.3, -0.25) is 22.3 Å². The third-order valence-electron chi connectivity index (χ3n) is 7.36. The fourth-order valence-electron chi connectivity index (χ4n) is 4.58. The van der Waals surface area contributed by atoms with Gasteiger partial charge >= 0.3 is 0 Å². The number of carbonyl (C=O) groups is 1. The summed E-state index contributed by atoms with van der Waals surface area (Å²) in [5.41, 5.74) is 9.49. The highest BCUT2D eigenvalue weighted by molar-refractivity contribution is 7.92. The highest BCUT2D eigenvalue weighted by Crippen LogP contribution is 2.39. The van der Waals surface area contributed by atoms with Crippen LogP contribution < -0.4 is 16.8 Å². The predicted molar refractivity (Wildman–Crippen MR) is 220 cm³/mol. The van der Waals surface area contributed by atoms with Crippen molar-refractivity contribution >= 4 is 122 Å². The summed E-state index contributed by atoms with van der Waals surface area (Å²) in [4.78, 5) is 13.3. The molecule has 29 nitrogen and oxygen atoms in total. The zero-order chi connectivity index (χ0) is 47.3. The number of nitrogen functional groups attached to an aromatic ring is 2. The van der Waals surface area contributed by atoms with Crippen molar-refractivity contribution in [1.82, 2.24) is 4.98 Å². The SMILES string of the molecule is CC(=O)Nc1cc(N=Nc2cc(N=Nc3ccc(S(=O)(=O)CCOSOOO)cc3S(=O)(=O)O)c(N)nc2N)c(S(=O)(=O)O)cc1N=Nc1ccc(S(=O)(=O)CCOSOOO)cc1. The van der Waals surface area contributed by atoms with E-state index in [0.29, 0.717) is 6.07 Å². The second-order valence-electron chi connectivity index (χ2n) is 11.7. The van der Waals surface area contributed by atoms with E-state index in [9.17, 15) is 47.6 Å². The summed E-state index contributed by atoms with van der Waals surface area (Å²) >= 11 is 0.300. The minimum absolute atomic E-state index is 0.0587. The number of sulfone groups is 2. The molecule has 3 aromatic carbocycles. The highest BCUT2D eigenvalue weighted by Gasteiger charge is 2.24. The highest BCUT2D eigenvalue weighted by atomic mass is 32.2. The van der Waals surface area contributed by atoms with Gasteiger partial charge in [-0.25, -0.2) is 32.3 Å². The molecule has 0 saturated heterocycles. The average molecular weight is 1020 g/mol. The molecule has 346 valence electrons. The maximum Gasteiger partial charge on any atom is 0.296 e. The van der Waals surface area contributed by atoms with Crippen molar-refractivity contribution < 1.29 is 85.2 Å². The number of nitrogens with zero attached hydrogens (tertiary/aromatic N) is 7. The smallest absolute Gasteiger partial charge is 0.296 e. The van der Waals surface area contributed by atoms with E-state index < -0.39 is 102 Å². The number of anilines is 3. The Morgan fingerprint density at radius 3 is 1.61 bits per heavy atom. The number of amides is 1. The number of hydrogen-bond donors (Lipinski definition) is 7. The summed E-state index contributed by atoms with van der Waals surface area (Å²) in [5.74, 6) is -2.70. The molecule has 64 heavy (non-hydrogen) atoms. The third kappa shape index (κ3) is 14.9. The van der Waals surface area contributed by atoms with Crippen LogP contribution in [0.5, 0.6) is 0 Å². The monoisotopic (exact) mass is 1010 g/mol. The summed E-state index contributed by atoms with van der Waals surface area (Å²) in [6, 6.07) is 10.1. The molecule has 1 amide bonds. The number of nitrogens with one attached hydrogen (secondary N) is 1. The van der Waals surface area contributed by atoms with Gasteiger partial charge in [-0.15, -0.1) is 34.2 Å². The van der Waals surface area contributed by atoms with Crippen LogP contribution in [0.25, 0.3) is 0 Å². The fraction of sp³-hybridized carbons (Fsp3) is 0.172. The number of benzene rings is 3. The molecule has 0 atom stereocenters. The zero-order valence-electron chi connectivity index (χ0n) is 31.7. The van der Waals surface area contributed by atoms with E-state index >= 15 is 0 Å². The first kappa shape index (κ1) is 51.4. The Labute approximate surface area is 369 Å². The van der Waals surface area contributed by atoms with Crippen LogP contribution in [-0.2, 0) is 71.8 Å². The molecule has 0 fully saturated rings. The van der Waals surface area contributed by atoms with Gasteiger partial charge in [0.2, 0.25) is 5.91 Å². The zero-order valence-corrected chi connectivity index (χ0v) is 36.6. The van der Waals surface area contributed by atoms with Crippen LogP contribution in [0.3, 0.4) is 0 Å². The third-order valence-corrected chi connectivity index (χ3v) is 13.3. The molecule has 1 heterocycles. The van der Waals surface area contributed by atoms with Gasteiger partial charge in [0.05, 0.1) is 45.9 Å². The van der Waals surface area contributed by atoms with Crippen LogP contribution in [-0.4, -0.2) is 88.9 Å². The maximum atomic E-state index is 12.7. The van der Waals surface area contributed by atoms with Gasteiger partial charge < -0.3 is 16.8 Å². The molecule has 4 aromatic rings. The van der Waals surface area contributed by atoms with E-state index in [-0.39, 0.29) is 64.6 Å². The molecule has 0 aliphatic carbocycles. The van der Waals surface area contributed by atoms with Crippen LogP contribution in [0.2, 0.25) is 0 Å². The van der Waals surface area contributed by atoms with Gasteiger partial charge in [0.1, 0.15) is 38.2 Å². The lowest BCUT2D eigenvalue weighted by molar-refractivity contribution is -0.434. The molecular weight excluding hydrogens is 985 g/mol. The molecule has 0 aliphatic rings. The average Bonchev–Trinajstić information content (AvgIpc) is 3.21. The molecular formula is C29H30N10O19S6. The van der Waals surface area contributed by atoms with E-state index in [4.69, 9.17) is 30.3 Å². The Morgan fingerprint density at radius 2 is 1.09 bits per heavy atom. The number of azo groups is 3. The summed E-state index contributed by atoms with van der Waals surface area (Å²) in [6.45, 7) is 0.251. The summed E-state index contributed by atoms with van der Waals surface area (Å²) < 4.78 is 137. The lowest BCUT2D eigenvalue weighted by Gasteiger charge is -2.10. The van der Waals surface area contributed by atoms with Crippen molar-refractivity contribution in [2.75, 3.05) is 41.5 Å². The first-order valence-corrected chi connectivity index (χ1v) is 24.0. The van der Waals surface area contributed by atoms with Gasteiger partial charge in [0.25, 0.3) is 20.2 Å². The molecule has 0 saturated carbocycles. The van der Waals surface area contributed by atoms with E-state index in [0.717, 1.165) is 37.3 Å². The Bertz CT molecular complexity index is 2890. The molecule has 4 rings (SSSR count). The van der Waals surface area contributed by atoms with Gasteiger partial charge in [0, 0.05) is 13.0 Å². The number of nitrogens with two attached hydrogens (primary N) is 2. The number of pyridine rings is 1. The van der Waals surface area contributed by atoms with Gasteiger partial charge in [-0.1, -0.05) is 10.1 Å². The largest absolute Gasteiger partial charge is 0.382 e. The Balaban J connectivity index is 1.66. The van der Waals surface area contributed by atoms with Gasteiger partial charge in [0.15, 0.2) is 56.0 Å². The van der Waals surface area contributed by atoms with Crippen molar-refractivity contribution in [3.8, 4) is 0 Å². The minimum Gasteiger partial charge on any atom is -0.382 e. The lowest BCUT2D eigenvalue weighted by atomic mass is 10.2. The van der Waals surface area contributed by atoms with Crippen molar-refractivity contribution in [3.05, 3.63) is 60.7 Å². The van der Waals surface area contributed by atoms with Crippen LogP contribution in [0.15, 0.2) is 111 Å². The Kier molecular flexibility index (Phi) is 18.2. The van der Waals surface area contributed by atoms with Crippen molar-refractivity contribution in [2.24, 2.45) is 30.7 Å². The van der Waals surface area contributed by atoms with Crippen molar-refractivity contribution in [3.63, 3.8) is 0 Å². The van der Waals surface area contributed by atoms with E-state index in [1.807, 2.05) is 0 Å². The second kappa shape index (κ2) is 22.6. The fourth-order valence-corrected chi connectivity index (χ4v) is 8.77. The van der Waals surface area contributed by atoms with Crippen molar-refractivity contribution in [1.29, 1.82) is 0 Å². The quantitative estimate of drug-likeness (QED) is 0.0120. The minimum atomic E-state index is -5.14. The van der Waals surface area contributed by atoms with Gasteiger partial charge in [-0.05, 0) is 54.6 Å². The molecule has 0 aliphatic heterocycles. The summed E-state index contributed by atoms with van der Waals surface area (Å²) in [7, 11) is -18.4. The topological polar surface area (TPSA) is 441 Å². The summed E-state index contributed by atoms with van der Waals surface area (Å²) in [6.07, 6.45) is 0. The maximum absolute atomic E-state index is 12.7.